The van der Waals surface area contributed by atoms with Crippen LogP contribution in [0.3, 0.4) is 0 Å². The van der Waals surface area contributed by atoms with Crippen molar-refractivity contribution < 1.29 is 5.11 Å². The first-order valence-corrected chi connectivity index (χ1v) is 3.93. The molecule has 2 heteroatoms. The van der Waals surface area contributed by atoms with Crippen LogP contribution in [0.25, 0.3) is 0 Å². The van der Waals surface area contributed by atoms with E-state index in [0.717, 1.165) is 10.0 Å². The van der Waals surface area contributed by atoms with Gasteiger partial charge in [-0.3, -0.25) is 0 Å². The van der Waals surface area contributed by atoms with Crippen LogP contribution in [0.5, 0.6) is 0 Å². The van der Waals surface area contributed by atoms with Crippen LogP contribution in [-0.4, -0.2) is 5.11 Å². The molecule has 11 heavy (non-hydrogen) atoms. The summed E-state index contributed by atoms with van der Waals surface area (Å²) < 4.78 is 0.921. The topological polar surface area (TPSA) is 20.2 Å². The molecule has 1 aromatic carbocycles. The smallest absolute Gasteiger partial charge is 0.140 e. The van der Waals surface area contributed by atoms with Gasteiger partial charge in [0.2, 0.25) is 0 Å². The van der Waals surface area contributed by atoms with Gasteiger partial charge in [-0.05, 0) is 17.7 Å². The Hall–Kier alpha value is -0.780. The fraction of sp³-hybridized carbons (Fsp3) is 0.111. The zero-order valence-corrected chi connectivity index (χ0v) is 7.38. The molecule has 1 atom stereocenters. The Morgan fingerprint density at radius 1 is 1.55 bits per heavy atom. The van der Waals surface area contributed by atoms with E-state index in [1.165, 1.54) is 0 Å². The van der Waals surface area contributed by atoms with E-state index in [2.05, 4.69) is 21.9 Å². The van der Waals surface area contributed by atoms with Gasteiger partial charge in [0.1, 0.15) is 6.10 Å². The molecular weight excluding hydrogens is 204 g/mol. The van der Waals surface area contributed by atoms with Crippen LogP contribution in [-0.2, 0) is 0 Å². The second-order valence-electron chi connectivity index (χ2n) is 2.12. The Morgan fingerprint density at radius 2 is 2.27 bits per heavy atom. The van der Waals surface area contributed by atoms with Crippen LogP contribution in [0, 0.1) is 12.3 Å². The minimum absolute atomic E-state index is 0.738. The van der Waals surface area contributed by atoms with Gasteiger partial charge in [0.15, 0.2) is 0 Å². The molecule has 0 saturated carbocycles. The molecule has 0 fully saturated rings. The third kappa shape index (κ3) is 2.07. The Labute approximate surface area is 74.2 Å². The highest BCUT2D eigenvalue weighted by Crippen LogP contribution is 2.16. The van der Waals surface area contributed by atoms with Crippen molar-refractivity contribution in [3.63, 3.8) is 0 Å². The maximum absolute atomic E-state index is 9.20. The van der Waals surface area contributed by atoms with Crippen LogP contribution in [0.15, 0.2) is 28.7 Å². The predicted molar refractivity (Wildman–Crippen MR) is 47.9 cm³/mol. The molecule has 0 saturated heterocycles. The first kappa shape index (κ1) is 8.32. The molecule has 0 aromatic heterocycles. The summed E-state index contributed by atoms with van der Waals surface area (Å²) in [5.41, 5.74) is 0.738. The summed E-state index contributed by atoms with van der Waals surface area (Å²) in [7, 11) is 0. The molecular formula is C9H7BrO. The highest BCUT2D eigenvalue weighted by molar-refractivity contribution is 9.10. The molecule has 0 spiro atoms. The summed E-state index contributed by atoms with van der Waals surface area (Å²) in [6.45, 7) is 0. The summed E-state index contributed by atoms with van der Waals surface area (Å²) in [6, 6.07) is 7.30. The first-order valence-electron chi connectivity index (χ1n) is 3.13. The molecule has 1 nitrogen and oxygen atoms in total. The van der Waals surface area contributed by atoms with E-state index in [4.69, 9.17) is 6.42 Å². The summed E-state index contributed by atoms with van der Waals surface area (Å²) >= 11 is 3.28. The van der Waals surface area contributed by atoms with Crippen molar-refractivity contribution in [3.05, 3.63) is 34.3 Å². The molecule has 0 aliphatic heterocycles. The average Bonchev–Trinajstić information content (AvgIpc) is 2.03. The Kier molecular flexibility index (Phi) is 2.70. The van der Waals surface area contributed by atoms with Gasteiger partial charge in [-0.25, -0.2) is 0 Å². The number of benzene rings is 1. The molecule has 1 aromatic rings. The SMILES string of the molecule is C#CC(O)c1cccc(Br)c1. The van der Waals surface area contributed by atoms with Crippen molar-refractivity contribution in [2.45, 2.75) is 6.10 Å². The van der Waals surface area contributed by atoms with E-state index in [1.54, 1.807) is 12.1 Å². The fourth-order valence-electron chi connectivity index (χ4n) is 0.773. The second-order valence-corrected chi connectivity index (χ2v) is 3.04. The number of hydrogen-bond donors (Lipinski definition) is 1. The predicted octanol–water partition coefficient (Wildman–Crippen LogP) is 2.12. The van der Waals surface area contributed by atoms with E-state index >= 15 is 0 Å². The molecule has 1 N–H and O–H groups in total. The normalized spacial score (nSPS) is 12.1. The van der Waals surface area contributed by atoms with Gasteiger partial charge in [0.25, 0.3) is 0 Å². The lowest BCUT2D eigenvalue weighted by Crippen LogP contribution is -1.91. The van der Waals surface area contributed by atoms with Crippen molar-refractivity contribution in [2.75, 3.05) is 0 Å². The summed E-state index contributed by atoms with van der Waals surface area (Å²) in [5, 5.41) is 9.20. The third-order valence-corrected chi connectivity index (χ3v) is 1.82. The zero-order chi connectivity index (χ0) is 8.27. The fourth-order valence-corrected chi connectivity index (χ4v) is 1.19. The number of rotatable bonds is 1. The molecule has 0 heterocycles. The Morgan fingerprint density at radius 3 is 2.82 bits per heavy atom. The summed E-state index contributed by atoms with van der Waals surface area (Å²) in [6.07, 6.45) is 4.24. The van der Waals surface area contributed by atoms with Crippen molar-refractivity contribution >= 4 is 15.9 Å². The second kappa shape index (κ2) is 3.56. The molecule has 1 unspecified atom stereocenters. The molecule has 0 radical (unpaired) electrons. The monoisotopic (exact) mass is 210 g/mol. The van der Waals surface area contributed by atoms with Gasteiger partial charge in [-0.15, -0.1) is 6.42 Å². The van der Waals surface area contributed by atoms with Gasteiger partial charge < -0.3 is 5.11 Å². The lowest BCUT2D eigenvalue weighted by Gasteiger charge is -2.02. The van der Waals surface area contributed by atoms with E-state index < -0.39 is 6.10 Å². The number of hydrogen-bond acceptors (Lipinski definition) is 1. The average molecular weight is 211 g/mol. The van der Waals surface area contributed by atoms with Gasteiger partial charge in [-0.2, -0.15) is 0 Å². The molecule has 0 amide bonds. The van der Waals surface area contributed by atoms with Crippen molar-refractivity contribution in [1.82, 2.24) is 0 Å². The maximum atomic E-state index is 9.20. The van der Waals surface area contributed by atoms with Crippen molar-refractivity contribution in [1.29, 1.82) is 0 Å². The lowest BCUT2D eigenvalue weighted by atomic mass is 10.1. The van der Waals surface area contributed by atoms with Gasteiger partial charge in [0, 0.05) is 4.47 Å². The Bertz CT molecular complexity index is 288. The van der Waals surface area contributed by atoms with Crippen molar-refractivity contribution in [2.24, 2.45) is 0 Å². The minimum Gasteiger partial charge on any atom is -0.376 e. The maximum Gasteiger partial charge on any atom is 0.140 e. The number of halogens is 1. The first-order chi connectivity index (χ1) is 5.24. The number of aliphatic hydroxyl groups excluding tert-OH is 1. The van der Waals surface area contributed by atoms with E-state index in [9.17, 15) is 5.11 Å². The number of terminal acetylenes is 1. The van der Waals surface area contributed by atoms with E-state index in [1.807, 2.05) is 12.1 Å². The standard InChI is InChI=1S/C9H7BrO/c1-2-9(11)7-4-3-5-8(10)6-7/h1,3-6,9,11H. The highest BCUT2D eigenvalue weighted by Gasteiger charge is 2.01. The summed E-state index contributed by atoms with van der Waals surface area (Å²) in [4.78, 5) is 0. The van der Waals surface area contributed by atoms with Gasteiger partial charge >= 0.3 is 0 Å². The molecule has 0 bridgehead atoms. The third-order valence-electron chi connectivity index (χ3n) is 1.32. The zero-order valence-electron chi connectivity index (χ0n) is 5.79. The largest absolute Gasteiger partial charge is 0.376 e. The minimum atomic E-state index is -0.799. The van der Waals surface area contributed by atoms with Crippen LogP contribution in [0.4, 0.5) is 0 Å². The molecule has 56 valence electrons. The molecule has 0 aliphatic rings. The van der Waals surface area contributed by atoms with E-state index in [-0.39, 0.29) is 0 Å². The van der Waals surface area contributed by atoms with Gasteiger partial charge in [0.05, 0.1) is 0 Å². The van der Waals surface area contributed by atoms with Crippen LogP contribution >= 0.6 is 15.9 Å². The highest BCUT2D eigenvalue weighted by atomic mass is 79.9. The van der Waals surface area contributed by atoms with Crippen LogP contribution < -0.4 is 0 Å². The quantitative estimate of drug-likeness (QED) is 0.705. The Balaban J connectivity index is 2.98. The van der Waals surface area contributed by atoms with E-state index in [0.29, 0.717) is 0 Å². The van der Waals surface area contributed by atoms with Crippen LogP contribution in [0.2, 0.25) is 0 Å². The van der Waals surface area contributed by atoms with Crippen LogP contribution in [0.1, 0.15) is 11.7 Å². The summed E-state index contributed by atoms with van der Waals surface area (Å²) in [5.74, 6) is 2.24. The van der Waals surface area contributed by atoms with Crippen molar-refractivity contribution in [3.8, 4) is 12.3 Å². The lowest BCUT2D eigenvalue weighted by molar-refractivity contribution is 0.238. The number of aliphatic hydroxyl groups is 1. The molecule has 0 aliphatic carbocycles. The van der Waals surface area contributed by atoms with Gasteiger partial charge in [-0.1, -0.05) is 34.0 Å². The molecule has 1 rings (SSSR count).